The first-order chi connectivity index (χ1) is 7.94. The summed E-state index contributed by atoms with van der Waals surface area (Å²) in [5.74, 6) is 0.414. The van der Waals surface area contributed by atoms with E-state index in [0.717, 1.165) is 21.5 Å². The van der Waals surface area contributed by atoms with Crippen LogP contribution in [0.2, 0.25) is 0 Å². The van der Waals surface area contributed by atoms with E-state index < -0.39 is 10.0 Å². The topological polar surface area (TPSA) is 72.2 Å². The lowest BCUT2D eigenvalue weighted by atomic mass is 10.2. The van der Waals surface area contributed by atoms with Gasteiger partial charge in [0.25, 0.3) is 0 Å². The average Bonchev–Trinajstić information content (AvgIpc) is 3.01. The molecule has 0 spiro atoms. The molecule has 8 heteroatoms. The maximum atomic E-state index is 12.2. The second-order valence-corrected chi connectivity index (χ2v) is 8.59. The molecule has 3 N–H and O–H groups in total. The molecule has 2 rings (SSSR count). The number of nitrogens with two attached hydrogens (primary N) is 1. The van der Waals surface area contributed by atoms with Crippen LogP contribution in [0.25, 0.3) is 0 Å². The molecule has 0 aliphatic heterocycles. The lowest BCUT2D eigenvalue weighted by Gasteiger charge is -2.15. The van der Waals surface area contributed by atoms with Gasteiger partial charge in [-0.25, -0.2) is 13.1 Å². The van der Waals surface area contributed by atoms with Crippen molar-refractivity contribution in [2.45, 2.75) is 30.7 Å². The van der Waals surface area contributed by atoms with Crippen LogP contribution in [-0.2, 0) is 10.0 Å². The number of hydrogen-bond donors (Lipinski definition) is 2. The largest absolute Gasteiger partial charge is 0.329 e. The Kier molecular flexibility index (Phi) is 5.64. The number of aryl methyl sites for hydroxylation is 1. The van der Waals surface area contributed by atoms with Crippen molar-refractivity contribution in [3.05, 3.63) is 14.7 Å². The second kappa shape index (κ2) is 6.19. The molecule has 0 bridgehead atoms. The molecule has 0 aromatic carbocycles. The Labute approximate surface area is 126 Å². The summed E-state index contributed by atoms with van der Waals surface area (Å²) in [6.45, 7) is 2.16. The molecule has 18 heavy (non-hydrogen) atoms. The lowest BCUT2D eigenvalue weighted by Crippen LogP contribution is -2.41. The number of sulfonamides is 1. The molecule has 1 aliphatic carbocycles. The fourth-order valence-electron chi connectivity index (χ4n) is 1.80. The van der Waals surface area contributed by atoms with Gasteiger partial charge in [-0.15, -0.1) is 23.7 Å². The maximum absolute atomic E-state index is 12.2. The maximum Gasteiger partial charge on any atom is 0.242 e. The van der Waals surface area contributed by atoms with Crippen molar-refractivity contribution in [3.63, 3.8) is 0 Å². The van der Waals surface area contributed by atoms with Gasteiger partial charge in [-0.2, -0.15) is 0 Å². The Hall–Kier alpha value is 0.340. The molecule has 1 aromatic rings. The first-order valence-electron chi connectivity index (χ1n) is 5.42. The van der Waals surface area contributed by atoms with E-state index >= 15 is 0 Å². The van der Waals surface area contributed by atoms with Gasteiger partial charge in [-0.3, -0.25) is 0 Å². The van der Waals surface area contributed by atoms with E-state index in [-0.39, 0.29) is 18.4 Å². The van der Waals surface area contributed by atoms with Crippen molar-refractivity contribution in [2.75, 3.05) is 6.54 Å². The highest BCUT2D eigenvalue weighted by Gasteiger charge is 2.34. The van der Waals surface area contributed by atoms with Crippen LogP contribution in [0.4, 0.5) is 0 Å². The molecule has 1 aliphatic rings. The van der Waals surface area contributed by atoms with Crippen molar-refractivity contribution < 1.29 is 8.42 Å². The predicted octanol–water partition coefficient (Wildman–Crippen LogP) is 2.26. The molecule has 1 atom stereocenters. The number of nitrogens with one attached hydrogen (secondary N) is 1. The smallest absolute Gasteiger partial charge is 0.242 e. The van der Waals surface area contributed by atoms with Crippen molar-refractivity contribution in [2.24, 2.45) is 11.7 Å². The first kappa shape index (κ1) is 16.4. The van der Waals surface area contributed by atoms with E-state index in [1.54, 1.807) is 13.0 Å². The Balaban J connectivity index is 0.00000162. The highest BCUT2D eigenvalue weighted by atomic mass is 79.9. The molecule has 1 aromatic heterocycles. The normalized spacial score (nSPS) is 17.3. The zero-order valence-electron chi connectivity index (χ0n) is 9.85. The summed E-state index contributed by atoms with van der Waals surface area (Å²) >= 11 is 4.72. The number of halogens is 2. The highest BCUT2D eigenvalue weighted by Crippen LogP contribution is 2.34. The summed E-state index contributed by atoms with van der Waals surface area (Å²) in [6, 6.07) is 1.51. The molecule has 1 unspecified atom stereocenters. The predicted molar refractivity (Wildman–Crippen MR) is 79.9 cm³/mol. The molecular formula is C10H16BrClN2O2S2. The van der Waals surface area contributed by atoms with E-state index in [9.17, 15) is 8.42 Å². The third kappa shape index (κ3) is 3.68. The quantitative estimate of drug-likeness (QED) is 0.829. The summed E-state index contributed by atoms with van der Waals surface area (Å²) in [5, 5.41) is 0. The van der Waals surface area contributed by atoms with Crippen molar-refractivity contribution in [3.8, 4) is 0 Å². The summed E-state index contributed by atoms with van der Waals surface area (Å²) in [7, 11) is -3.44. The summed E-state index contributed by atoms with van der Waals surface area (Å²) in [6.07, 6.45) is 2.13. The zero-order valence-corrected chi connectivity index (χ0v) is 13.9. The van der Waals surface area contributed by atoms with Crippen LogP contribution in [-0.4, -0.2) is 21.0 Å². The minimum atomic E-state index is -3.44. The minimum Gasteiger partial charge on any atom is -0.329 e. The molecule has 0 radical (unpaired) electrons. The van der Waals surface area contributed by atoms with Crippen LogP contribution < -0.4 is 10.5 Å². The van der Waals surface area contributed by atoms with Gasteiger partial charge in [-0.05, 0) is 47.7 Å². The van der Waals surface area contributed by atoms with Crippen LogP contribution >= 0.6 is 39.7 Å². The SMILES string of the molecule is Cc1sc(Br)cc1S(=O)(=O)NC(CN)C1CC1.Cl. The number of rotatable bonds is 5. The van der Waals surface area contributed by atoms with E-state index in [2.05, 4.69) is 20.7 Å². The van der Waals surface area contributed by atoms with Gasteiger partial charge >= 0.3 is 0 Å². The zero-order chi connectivity index (χ0) is 12.6. The van der Waals surface area contributed by atoms with Crippen LogP contribution in [0.15, 0.2) is 14.7 Å². The van der Waals surface area contributed by atoms with Gasteiger partial charge in [0.15, 0.2) is 0 Å². The van der Waals surface area contributed by atoms with Gasteiger partial charge < -0.3 is 5.73 Å². The van der Waals surface area contributed by atoms with E-state index in [4.69, 9.17) is 5.73 Å². The van der Waals surface area contributed by atoms with E-state index in [1.165, 1.54) is 11.3 Å². The Morgan fingerprint density at radius 1 is 1.61 bits per heavy atom. The first-order valence-corrected chi connectivity index (χ1v) is 8.51. The van der Waals surface area contributed by atoms with Gasteiger partial charge in [0.2, 0.25) is 10.0 Å². The molecule has 1 saturated carbocycles. The summed E-state index contributed by atoms with van der Waals surface area (Å²) < 4.78 is 27.9. The van der Waals surface area contributed by atoms with Crippen molar-refractivity contribution in [1.29, 1.82) is 0 Å². The third-order valence-corrected chi connectivity index (χ3v) is 6.18. The Morgan fingerprint density at radius 2 is 2.22 bits per heavy atom. The molecule has 0 saturated heterocycles. The molecule has 1 fully saturated rings. The van der Waals surface area contributed by atoms with Gasteiger partial charge in [0.1, 0.15) is 0 Å². The van der Waals surface area contributed by atoms with Crippen LogP contribution in [0.1, 0.15) is 17.7 Å². The Morgan fingerprint density at radius 3 is 2.61 bits per heavy atom. The van der Waals surface area contributed by atoms with E-state index in [0.29, 0.717) is 17.4 Å². The number of hydrogen-bond acceptors (Lipinski definition) is 4. The van der Waals surface area contributed by atoms with Crippen LogP contribution in [0.3, 0.4) is 0 Å². The lowest BCUT2D eigenvalue weighted by molar-refractivity contribution is 0.519. The Bertz CT molecular complexity index is 514. The second-order valence-electron chi connectivity index (χ2n) is 4.27. The summed E-state index contributed by atoms with van der Waals surface area (Å²) in [4.78, 5) is 1.14. The van der Waals surface area contributed by atoms with Crippen molar-refractivity contribution in [1.82, 2.24) is 4.72 Å². The van der Waals surface area contributed by atoms with Crippen LogP contribution in [0.5, 0.6) is 0 Å². The standard InChI is InChI=1S/C10H15BrN2O2S2.ClH/c1-6-9(4-10(11)16-6)17(14,15)13-8(5-12)7-2-3-7;/h4,7-8,13H,2-3,5,12H2,1H3;1H. The minimum absolute atomic E-state index is 0. The van der Waals surface area contributed by atoms with E-state index in [1.807, 2.05) is 0 Å². The highest BCUT2D eigenvalue weighted by molar-refractivity contribution is 9.11. The van der Waals surface area contributed by atoms with Gasteiger partial charge in [0, 0.05) is 17.5 Å². The average molecular weight is 376 g/mol. The van der Waals surface area contributed by atoms with Gasteiger partial charge in [-0.1, -0.05) is 0 Å². The number of thiophene rings is 1. The van der Waals surface area contributed by atoms with Gasteiger partial charge in [0.05, 0.1) is 8.68 Å². The fourth-order valence-corrected chi connectivity index (χ4v) is 5.53. The third-order valence-electron chi connectivity index (χ3n) is 2.88. The summed E-state index contributed by atoms with van der Waals surface area (Å²) in [5.41, 5.74) is 5.61. The van der Waals surface area contributed by atoms with Crippen LogP contribution in [0, 0.1) is 12.8 Å². The van der Waals surface area contributed by atoms with Crippen molar-refractivity contribution >= 4 is 49.7 Å². The molecule has 104 valence electrons. The monoisotopic (exact) mass is 374 g/mol. The molecule has 0 amide bonds. The molecule has 4 nitrogen and oxygen atoms in total. The molecular weight excluding hydrogens is 360 g/mol. The molecule has 1 heterocycles. The fraction of sp³-hybridized carbons (Fsp3) is 0.600.